The number of carbonyl (C=O) groups excluding carboxylic acids is 1. The van der Waals surface area contributed by atoms with Crippen LogP contribution in [0.25, 0.3) is 0 Å². The standard InChI is InChI=1S/C14H18N2O3/c15-11-5-1-3-9(7-11)13(17)16-8-10-4-2-6-12(10)14(18)19/h1,3,5,7,10,12H,2,4,6,8,15H2,(H,16,17)(H,18,19). The number of nitrogens with two attached hydrogens (primary N) is 1. The Balaban J connectivity index is 1.92. The molecule has 0 bridgehead atoms. The predicted octanol–water partition coefficient (Wildman–Crippen LogP) is 1.50. The third kappa shape index (κ3) is 3.24. The maximum atomic E-state index is 11.9. The van der Waals surface area contributed by atoms with E-state index in [2.05, 4.69) is 5.32 Å². The monoisotopic (exact) mass is 262 g/mol. The summed E-state index contributed by atoms with van der Waals surface area (Å²) in [6.45, 7) is 0.407. The molecule has 0 radical (unpaired) electrons. The Kier molecular flexibility index (Phi) is 4.04. The highest BCUT2D eigenvalue weighted by Gasteiger charge is 2.32. The van der Waals surface area contributed by atoms with Gasteiger partial charge in [0.1, 0.15) is 0 Å². The number of hydrogen-bond donors (Lipinski definition) is 3. The van der Waals surface area contributed by atoms with Crippen molar-refractivity contribution in [2.75, 3.05) is 12.3 Å². The van der Waals surface area contributed by atoms with Gasteiger partial charge in [-0.1, -0.05) is 12.5 Å². The van der Waals surface area contributed by atoms with Gasteiger partial charge in [0, 0.05) is 17.8 Å². The van der Waals surface area contributed by atoms with Crippen LogP contribution in [0.4, 0.5) is 5.69 Å². The fourth-order valence-corrected chi connectivity index (χ4v) is 2.61. The van der Waals surface area contributed by atoms with Crippen LogP contribution in [0.2, 0.25) is 0 Å². The molecule has 19 heavy (non-hydrogen) atoms. The van der Waals surface area contributed by atoms with Crippen LogP contribution in [0.5, 0.6) is 0 Å². The molecule has 2 rings (SSSR count). The lowest BCUT2D eigenvalue weighted by molar-refractivity contribution is -0.142. The molecule has 1 aromatic rings. The molecule has 5 heteroatoms. The van der Waals surface area contributed by atoms with E-state index in [1.165, 1.54) is 0 Å². The van der Waals surface area contributed by atoms with Gasteiger partial charge in [-0.05, 0) is 37.0 Å². The van der Waals surface area contributed by atoms with Gasteiger partial charge in [-0.2, -0.15) is 0 Å². The number of aliphatic carboxylic acids is 1. The SMILES string of the molecule is Nc1cccc(C(=O)NCC2CCCC2C(=O)O)c1. The summed E-state index contributed by atoms with van der Waals surface area (Å²) in [6, 6.07) is 6.74. The molecule has 1 saturated carbocycles. The van der Waals surface area contributed by atoms with Gasteiger partial charge in [0.05, 0.1) is 5.92 Å². The minimum Gasteiger partial charge on any atom is -0.481 e. The number of carboxylic acid groups (broad SMARTS) is 1. The zero-order valence-corrected chi connectivity index (χ0v) is 10.6. The van der Waals surface area contributed by atoms with Crippen molar-refractivity contribution < 1.29 is 14.7 Å². The minimum atomic E-state index is -0.763. The van der Waals surface area contributed by atoms with Crippen molar-refractivity contribution in [2.45, 2.75) is 19.3 Å². The van der Waals surface area contributed by atoms with Crippen molar-refractivity contribution in [3.8, 4) is 0 Å². The number of nitrogens with one attached hydrogen (secondary N) is 1. The molecule has 1 aliphatic carbocycles. The van der Waals surface area contributed by atoms with E-state index in [0.717, 1.165) is 12.8 Å². The molecule has 1 fully saturated rings. The Morgan fingerprint density at radius 3 is 2.84 bits per heavy atom. The van der Waals surface area contributed by atoms with Crippen molar-refractivity contribution in [3.05, 3.63) is 29.8 Å². The van der Waals surface area contributed by atoms with Gasteiger partial charge in [0.15, 0.2) is 0 Å². The lowest BCUT2D eigenvalue weighted by Gasteiger charge is -2.16. The van der Waals surface area contributed by atoms with E-state index < -0.39 is 5.97 Å². The summed E-state index contributed by atoms with van der Waals surface area (Å²) in [5.41, 5.74) is 6.66. The Morgan fingerprint density at radius 2 is 2.16 bits per heavy atom. The van der Waals surface area contributed by atoms with Crippen LogP contribution in [-0.2, 0) is 4.79 Å². The van der Waals surface area contributed by atoms with Crippen LogP contribution in [-0.4, -0.2) is 23.5 Å². The van der Waals surface area contributed by atoms with Crippen LogP contribution in [0.15, 0.2) is 24.3 Å². The first kappa shape index (κ1) is 13.4. The average Bonchev–Trinajstić information content (AvgIpc) is 2.84. The van der Waals surface area contributed by atoms with Crippen LogP contribution < -0.4 is 11.1 Å². The summed E-state index contributed by atoms with van der Waals surface area (Å²) in [6.07, 6.45) is 2.47. The normalized spacial score (nSPS) is 22.1. The molecule has 1 aliphatic rings. The molecule has 102 valence electrons. The number of nitrogen functional groups attached to an aromatic ring is 1. The first-order valence-electron chi connectivity index (χ1n) is 6.44. The Morgan fingerprint density at radius 1 is 1.37 bits per heavy atom. The fourth-order valence-electron chi connectivity index (χ4n) is 2.61. The highest BCUT2D eigenvalue weighted by Crippen LogP contribution is 2.31. The number of carboxylic acids is 1. The van der Waals surface area contributed by atoms with E-state index in [4.69, 9.17) is 10.8 Å². The van der Waals surface area contributed by atoms with Crippen LogP contribution in [0.1, 0.15) is 29.6 Å². The summed E-state index contributed by atoms with van der Waals surface area (Å²) >= 11 is 0. The minimum absolute atomic E-state index is 0.0301. The highest BCUT2D eigenvalue weighted by molar-refractivity contribution is 5.95. The van der Waals surface area contributed by atoms with Crippen LogP contribution in [0, 0.1) is 11.8 Å². The molecule has 0 heterocycles. The summed E-state index contributed by atoms with van der Waals surface area (Å²) in [4.78, 5) is 23.0. The smallest absolute Gasteiger partial charge is 0.306 e. The molecule has 4 N–H and O–H groups in total. The first-order valence-corrected chi connectivity index (χ1v) is 6.44. The second-order valence-corrected chi connectivity index (χ2v) is 4.97. The highest BCUT2D eigenvalue weighted by atomic mass is 16.4. The van der Waals surface area contributed by atoms with Crippen LogP contribution in [0.3, 0.4) is 0 Å². The zero-order valence-electron chi connectivity index (χ0n) is 10.6. The molecule has 5 nitrogen and oxygen atoms in total. The maximum Gasteiger partial charge on any atom is 0.306 e. The summed E-state index contributed by atoms with van der Waals surface area (Å²) < 4.78 is 0. The molecule has 0 aliphatic heterocycles. The third-order valence-corrected chi connectivity index (χ3v) is 3.65. The predicted molar refractivity (Wildman–Crippen MR) is 71.7 cm³/mol. The molecule has 1 aromatic carbocycles. The Bertz CT molecular complexity index is 487. The number of hydrogen-bond acceptors (Lipinski definition) is 3. The summed E-state index contributed by atoms with van der Waals surface area (Å²) in [5.74, 6) is -1.27. The number of anilines is 1. The lowest BCUT2D eigenvalue weighted by Crippen LogP contribution is -2.33. The van der Waals surface area contributed by atoms with Crippen LogP contribution >= 0.6 is 0 Å². The number of rotatable bonds is 4. The van der Waals surface area contributed by atoms with E-state index in [9.17, 15) is 9.59 Å². The van der Waals surface area contributed by atoms with Gasteiger partial charge in [-0.25, -0.2) is 0 Å². The van der Waals surface area contributed by atoms with Crippen molar-refractivity contribution in [1.82, 2.24) is 5.32 Å². The molecular formula is C14H18N2O3. The first-order chi connectivity index (χ1) is 9.08. The van der Waals surface area contributed by atoms with Gasteiger partial charge in [0.25, 0.3) is 5.91 Å². The number of amides is 1. The van der Waals surface area contributed by atoms with Crippen molar-refractivity contribution in [1.29, 1.82) is 0 Å². The number of carbonyl (C=O) groups is 2. The zero-order chi connectivity index (χ0) is 13.8. The van der Waals surface area contributed by atoms with Crippen molar-refractivity contribution in [2.24, 2.45) is 11.8 Å². The van der Waals surface area contributed by atoms with E-state index in [-0.39, 0.29) is 17.7 Å². The average molecular weight is 262 g/mol. The van der Waals surface area contributed by atoms with E-state index in [1.54, 1.807) is 24.3 Å². The van der Waals surface area contributed by atoms with Gasteiger partial charge < -0.3 is 16.2 Å². The quantitative estimate of drug-likeness (QED) is 0.717. The molecule has 2 unspecified atom stereocenters. The third-order valence-electron chi connectivity index (χ3n) is 3.65. The van der Waals surface area contributed by atoms with Gasteiger partial charge in [-0.15, -0.1) is 0 Å². The van der Waals surface area contributed by atoms with Gasteiger partial charge in [-0.3, -0.25) is 9.59 Å². The van der Waals surface area contributed by atoms with Gasteiger partial charge in [0.2, 0.25) is 0 Å². The summed E-state index contributed by atoms with van der Waals surface area (Å²) in [5, 5.41) is 11.9. The second kappa shape index (κ2) is 5.73. The topological polar surface area (TPSA) is 92.4 Å². The summed E-state index contributed by atoms with van der Waals surface area (Å²) in [7, 11) is 0. The molecular weight excluding hydrogens is 244 g/mol. The lowest BCUT2D eigenvalue weighted by atomic mass is 9.96. The largest absolute Gasteiger partial charge is 0.481 e. The Labute approximate surface area is 111 Å². The molecule has 0 spiro atoms. The molecule has 0 saturated heterocycles. The maximum absolute atomic E-state index is 11.9. The second-order valence-electron chi connectivity index (χ2n) is 4.97. The van der Waals surface area contributed by atoms with Crippen molar-refractivity contribution in [3.63, 3.8) is 0 Å². The Hall–Kier alpha value is -2.04. The molecule has 1 amide bonds. The van der Waals surface area contributed by atoms with E-state index in [0.29, 0.717) is 24.2 Å². The van der Waals surface area contributed by atoms with Gasteiger partial charge >= 0.3 is 5.97 Å². The van der Waals surface area contributed by atoms with E-state index in [1.807, 2.05) is 0 Å². The van der Waals surface area contributed by atoms with E-state index >= 15 is 0 Å². The molecule has 2 atom stereocenters. The fraction of sp³-hybridized carbons (Fsp3) is 0.429. The number of benzene rings is 1. The molecule has 0 aromatic heterocycles. The van der Waals surface area contributed by atoms with Crippen molar-refractivity contribution >= 4 is 17.6 Å².